The molecule has 7 aromatic rings. The van der Waals surface area contributed by atoms with Crippen molar-refractivity contribution >= 4 is 39.7 Å². The Morgan fingerprint density at radius 3 is 1.34 bits per heavy atom. The lowest BCUT2D eigenvalue weighted by molar-refractivity contribution is 0.667. The van der Waals surface area contributed by atoms with Gasteiger partial charge in [-0.25, -0.2) is 0 Å². The Balaban J connectivity index is 1.15. The van der Waals surface area contributed by atoms with Crippen LogP contribution in [0.1, 0.15) is 38.2 Å². The molecule has 5 aromatic carbocycles. The van der Waals surface area contributed by atoms with Crippen LogP contribution in [0.3, 0.4) is 0 Å². The summed E-state index contributed by atoms with van der Waals surface area (Å²) < 4.78 is 0. The van der Waals surface area contributed by atoms with Gasteiger partial charge in [-0.2, -0.15) is 0 Å². The van der Waals surface area contributed by atoms with E-state index in [2.05, 4.69) is 170 Å². The highest BCUT2D eigenvalue weighted by Gasteiger charge is 2.15. The van der Waals surface area contributed by atoms with Crippen LogP contribution in [0.2, 0.25) is 0 Å². The van der Waals surface area contributed by atoms with Crippen LogP contribution in [0.4, 0.5) is 17.1 Å². The average molecular weight is 646 g/mol. The molecule has 2 aromatic heterocycles. The van der Waals surface area contributed by atoms with Crippen molar-refractivity contribution in [3.8, 4) is 41.8 Å². The van der Waals surface area contributed by atoms with Gasteiger partial charge in [-0.1, -0.05) is 123 Å². The molecule has 0 N–H and O–H groups in total. The summed E-state index contributed by atoms with van der Waals surface area (Å²) in [6, 6.07) is 57.4. The van der Waals surface area contributed by atoms with E-state index in [0.29, 0.717) is 0 Å². The van der Waals surface area contributed by atoms with E-state index in [9.17, 15) is 0 Å². The van der Waals surface area contributed by atoms with Gasteiger partial charge in [0, 0.05) is 36.6 Å². The number of unbranched alkanes of at least 4 members (excludes halogenated alkanes) is 3. The molecule has 0 fully saturated rings. The lowest BCUT2D eigenvalue weighted by Crippen LogP contribution is -2.10. The van der Waals surface area contributed by atoms with E-state index in [4.69, 9.17) is 0 Å². The molecule has 0 amide bonds. The smallest absolute Gasteiger partial charge is 0.0462 e. The molecule has 0 radical (unpaired) electrons. The monoisotopic (exact) mass is 645 g/mol. The fourth-order valence-corrected chi connectivity index (χ4v) is 8.19. The third-order valence-corrected chi connectivity index (χ3v) is 11.1. The minimum absolute atomic E-state index is 1.14. The van der Waals surface area contributed by atoms with E-state index in [0.717, 1.165) is 17.8 Å². The van der Waals surface area contributed by atoms with Crippen molar-refractivity contribution in [3.05, 3.63) is 163 Å². The van der Waals surface area contributed by atoms with Gasteiger partial charge in [0.15, 0.2) is 0 Å². The van der Waals surface area contributed by atoms with Crippen LogP contribution >= 0.6 is 22.7 Å². The van der Waals surface area contributed by atoms with Crippen molar-refractivity contribution in [1.82, 2.24) is 0 Å². The maximum absolute atomic E-state index is 2.37. The zero-order valence-corrected chi connectivity index (χ0v) is 28.4. The van der Waals surface area contributed by atoms with Gasteiger partial charge in [0.25, 0.3) is 0 Å². The number of hydrogen-bond acceptors (Lipinski definition) is 3. The summed E-state index contributed by atoms with van der Waals surface area (Å²) in [6.45, 7) is 2.27. The molecule has 1 nitrogen and oxygen atoms in total. The maximum atomic E-state index is 2.37. The SMILES string of the molecule is CCCCCCc1ccc(N(c2ccc(-c3ccccc3)cc2)c2ccc(-c3ccc(-c4ccc(-c5ccccc5)s4)s3)cc2)cc1. The van der Waals surface area contributed by atoms with Crippen molar-refractivity contribution in [3.63, 3.8) is 0 Å². The van der Waals surface area contributed by atoms with E-state index >= 15 is 0 Å². The minimum atomic E-state index is 1.14. The third-order valence-electron chi connectivity index (χ3n) is 8.67. The summed E-state index contributed by atoms with van der Waals surface area (Å²) in [5.74, 6) is 0. The Morgan fingerprint density at radius 1 is 0.383 bits per heavy atom. The largest absolute Gasteiger partial charge is 0.311 e. The van der Waals surface area contributed by atoms with Crippen LogP contribution in [-0.2, 0) is 6.42 Å². The normalized spacial score (nSPS) is 11.1. The number of thiophene rings is 2. The molecule has 232 valence electrons. The van der Waals surface area contributed by atoms with E-state index in [1.54, 1.807) is 0 Å². The molecule has 0 aliphatic rings. The lowest BCUT2D eigenvalue weighted by Gasteiger charge is -2.26. The highest BCUT2D eigenvalue weighted by atomic mass is 32.1. The third kappa shape index (κ3) is 7.33. The van der Waals surface area contributed by atoms with Crippen LogP contribution in [0, 0.1) is 0 Å². The van der Waals surface area contributed by atoms with Crippen LogP contribution in [-0.4, -0.2) is 0 Å². The number of hydrogen-bond donors (Lipinski definition) is 0. The molecular formula is C44H39NS2. The molecule has 47 heavy (non-hydrogen) atoms. The van der Waals surface area contributed by atoms with E-state index < -0.39 is 0 Å². The fraction of sp³-hybridized carbons (Fsp3) is 0.136. The second kappa shape index (κ2) is 14.8. The van der Waals surface area contributed by atoms with E-state index in [1.807, 2.05) is 22.7 Å². The maximum Gasteiger partial charge on any atom is 0.0462 e. The summed E-state index contributed by atoms with van der Waals surface area (Å²) in [6.07, 6.45) is 6.29. The summed E-state index contributed by atoms with van der Waals surface area (Å²) in [4.78, 5) is 7.59. The van der Waals surface area contributed by atoms with Crippen molar-refractivity contribution in [2.75, 3.05) is 4.90 Å². The number of aryl methyl sites for hydroxylation is 1. The second-order valence-electron chi connectivity index (χ2n) is 12.0. The highest BCUT2D eigenvalue weighted by molar-refractivity contribution is 7.25. The van der Waals surface area contributed by atoms with Crippen LogP contribution in [0.15, 0.2) is 158 Å². The molecular weight excluding hydrogens is 607 g/mol. The molecule has 0 aliphatic heterocycles. The van der Waals surface area contributed by atoms with E-state index in [-0.39, 0.29) is 0 Å². The Morgan fingerprint density at radius 2 is 0.809 bits per heavy atom. The first-order valence-corrected chi connectivity index (χ1v) is 18.3. The van der Waals surface area contributed by atoms with Gasteiger partial charge in [0.2, 0.25) is 0 Å². The van der Waals surface area contributed by atoms with Gasteiger partial charge in [0.1, 0.15) is 0 Å². The van der Waals surface area contributed by atoms with Crippen molar-refractivity contribution in [2.24, 2.45) is 0 Å². The van der Waals surface area contributed by atoms with Gasteiger partial charge < -0.3 is 4.90 Å². The molecule has 0 spiro atoms. The fourth-order valence-electron chi connectivity index (χ4n) is 6.08. The van der Waals surface area contributed by atoms with Gasteiger partial charge >= 0.3 is 0 Å². The standard InChI is InChI=1S/C44H39NS2/c1-2-3-4-7-12-33-17-23-38(24-18-33)45(39-25-19-35(20-26-39)34-13-8-5-9-14-34)40-27-21-37(22-28-40)42-30-32-44(47-42)43-31-29-41(46-43)36-15-10-6-11-16-36/h5-6,8-11,13-32H,2-4,7,12H2,1H3. The van der Waals surface area contributed by atoms with Crippen LogP contribution in [0.25, 0.3) is 41.8 Å². The quantitative estimate of drug-likeness (QED) is 0.120. The predicted octanol–water partition coefficient (Wildman–Crippen LogP) is 14.1. The van der Waals surface area contributed by atoms with Crippen LogP contribution < -0.4 is 4.90 Å². The van der Waals surface area contributed by atoms with E-state index in [1.165, 1.54) is 78.7 Å². The number of anilines is 3. The number of nitrogens with zero attached hydrogens (tertiary/aromatic N) is 1. The number of benzene rings is 5. The second-order valence-corrected chi connectivity index (χ2v) is 14.1. The molecule has 7 rings (SSSR count). The van der Waals surface area contributed by atoms with Gasteiger partial charge in [-0.3, -0.25) is 0 Å². The molecule has 0 aliphatic carbocycles. The molecule has 0 bridgehead atoms. The Hall–Kier alpha value is -4.70. The molecule has 0 saturated carbocycles. The first-order valence-electron chi connectivity index (χ1n) is 16.7. The summed E-state index contributed by atoms with van der Waals surface area (Å²) in [5.41, 5.74) is 9.86. The molecule has 3 heteroatoms. The lowest BCUT2D eigenvalue weighted by atomic mass is 10.0. The Labute approximate surface area is 287 Å². The first-order chi connectivity index (χ1) is 23.2. The average Bonchev–Trinajstić information content (AvgIpc) is 3.84. The minimum Gasteiger partial charge on any atom is -0.311 e. The molecule has 2 heterocycles. The highest BCUT2D eigenvalue weighted by Crippen LogP contribution is 2.42. The summed E-state index contributed by atoms with van der Waals surface area (Å²) in [5, 5.41) is 0. The molecule has 0 saturated heterocycles. The zero-order chi connectivity index (χ0) is 31.8. The Bertz CT molecular complexity index is 1980. The molecule has 0 unspecified atom stereocenters. The first kappa shape index (κ1) is 30.9. The van der Waals surface area contributed by atoms with Gasteiger partial charge in [-0.05, 0) is 101 Å². The Kier molecular flexibility index (Phi) is 9.74. The summed E-state index contributed by atoms with van der Waals surface area (Å²) in [7, 11) is 0. The summed E-state index contributed by atoms with van der Waals surface area (Å²) >= 11 is 3.72. The van der Waals surface area contributed by atoms with Crippen molar-refractivity contribution in [1.29, 1.82) is 0 Å². The van der Waals surface area contributed by atoms with Crippen molar-refractivity contribution in [2.45, 2.75) is 39.0 Å². The zero-order valence-electron chi connectivity index (χ0n) is 26.8. The van der Waals surface area contributed by atoms with Crippen molar-refractivity contribution < 1.29 is 0 Å². The molecule has 0 atom stereocenters. The number of rotatable bonds is 12. The van der Waals surface area contributed by atoms with Crippen LogP contribution in [0.5, 0.6) is 0 Å². The topological polar surface area (TPSA) is 3.24 Å². The van der Waals surface area contributed by atoms with Gasteiger partial charge in [-0.15, -0.1) is 22.7 Å². The van der Waals surface area contributed by atoms with Gasteiger partial charge in [0.05, 0.1) is 0 Å². The predicted molar refractivity (Wildman–Crippen MR) is 206 cm³/mol.